The molecule has 0 aliphatic rings. The zero-order chi connectivity index (χ0) is 8.08. The van der Waals surface area contributed by atoms with Crippen LogP contribution in [0, 0.1) is 0 Å². The minimum atomic E-state index is -4.67. The van der Waals surface area contributed by atoms with Gasteiger partial charge in [-0.3, -0.25) is 18.2 Å². The molecule has 0 amide bonds. The summed E-state index contributed by atoms with van der Waals surface area (Å²) in [4.78, 5) is 0. The van der Waals surface area contributed by atoms with Crippen molar-refractivity contribution in [3.63, 3.8) is 0 Å². The summed E-state index contributed by atoms with van der Waals surface area (Å²) in [5.41, 5.74) is 0. The maximum atomic E-state index is 8.74. The fourth-order valence-electron chi connectivity index (χ4n) is 0. The van der Waals surface area contributed by atoms with Crippen molar-refractivity contribution in [2.45, 2.75) is 0 Å². The van der Waals surface area contributed by atoms with E-state index in [0.717, 1.165) is 0 Å². The summed E-state index contributed by atoms with van der Waals surface area (Å²) in [5.74, 6) is 0. The Morgan fingerprint density at radius 2 is 0.722 bits per heavy atom. The van der Waals surface area contributed by atoms with Gasteiger partial charge in [0.05, 0.1) is 0 Å². The first-order chi connectivity index (χ1) is 3.73. The predicted octanol–water partition coefficient (Wildman–Crippen LogP) is -12.5. The Kier molecular flexibility index (Phi) is 260. The van der Waals surface area contributed by atoms with E-state index >= 15 is 0 Å². The van der Waals surface area contributed by atoms with Crippen LogP contribution in [0.4, 0.5) is 0 Å². The Bertz CT molecular complexity index is 170. The summed E-state index contributed by atoms with van der Waals surface area (Å²) in [6.07, 6.45) is 0. The molecular weight excluding hydrogens is 334 g/mol. The van der Waals surface area contributed by atoms with Crippen molar-refractivity contribution in [1.82, 2.24) is 0 Å². The third-order valence-electron chi connectivity index (χ3n) is 0. The van der Waals surface area contributed by atoms with Crippen LogP contribution in [0.15, 0.2) is 0 Å². The quantitative estimate of drug-likeness (QED) is 0.184. The summed E-state index contributed by atoms with van der Waals surface area (Å²) in [6.45, 7) is 0. The van der Waals surface area contributed by atoms with Gasteiger partial charge in [-0.2, -0.15) is 12.6 Å². The van der Waals surface area contributed by atoms with Gasteiger partial charge in [0.15, 0.2) is 0 Å². The molecule has 18 N–H and O–H groups in total. The maximum absolute atomic E-state index is 8.74. The summed E-state index contributed by atoms with van der Waals surface area (Å²) in [7, 11) is -4.67. The largest absolute Gasteiger partial charge is 1.00 e. The van der Waals surface area contributed by atoms with Gasteiger partial charge in [0, 0.05) is 0 Å². The number of hydrogen-bond donors (Lipinski definition) is 4. The van der Waals surface area contributed by atoms with E-state index in [1.807, 2.05) is 0 Å². The fourth-order valence-corrected chi connectivity index (χ4v) is 0. The van der Waals surface area contributed by atoms with Crippen LogP contribution < -0.4 is 59.1 Å². The van der Waals surface area contributed by atoms with E-state index < -0.39 is 21.8 Å². The third-order valence-corrected chi connectivity index (χ3v) is 0. The van der Waals surface area contributed by atoms with Crippen LogP contribution in [0.5, 0.6) is 0 Å². The monoisotopic (exact) mass is 354 g/mol. The fraction of sp³-hybridized carbons (Fsp3) is 0. The predicted molar refractivity (Wildman–Crippen MR) is 55.1 cm³/mol. The molecule has 0 aromatic carbocycles. The van der Waals surface area contributed by atoms with Gasteiger partial charge < -0.3 is 41.2 Å². The number of rotatable bonds is 0. The molecule has 0 saturated carbocycles. The number of hydrogen-bond acceptors (Lipinski definition) is 3. The molecule has 0 radical (unpaired) electrons. The SMILES string of the molecule is O.O.O.O.O.O.O.O=S(=O)(O)O.O=S(O)O.[H-].[H-].[Na+].[Na+]. The second-order valence-corrected chi connectivity index (χ2v) is 2.04. The summed E-state index contributed by atoms with van der Waals surface area (Å²) < 4.78 is 54.4. The molecule has 0 heterocycles. The average molecular weight is 354 g/mol. The Morgan fingerprint density at radius 1 is 0.722 bits per heavy atom. The molecule has 18 heavy (non-hydrogen) atoms. The molecule has 0 spiro atoms. The molecule has 0 unspecified atom stereocenters. The summed E-state index contributed by atoms with van der Waals surface area (Å²) in [5, 5.41) is 0. The van der Waals surface area contributed by atoms with Gasteiger partial charge >= 0.3 is 69.5 Å². The molecule has 0 aliphatic heterocycles. The first-order valence-electron chi connectivity index (χ1n) is 1.23. The molecule has 0 aromatic heterocycles. The molecule has 0 bridgehead atoms. The first-order valence-corrected chi connectivity index (χ1v) is 3.69. The molecule has 0 atom stereocenters. The minimum absolute atomic E-state index is 0. The van der Waals surface area contributed by atoms with Crippen molar-refractivity contribution in [2.75, 3.05) is 0 Å². The van der Waals surface area contributed by atoms with Crippen molar-refractivity contribution in [3.8, 4) is 0 Å². The topological polar surface area (TPSA) is 353 Å². The summed E-state index contributed by atoms with van der Waals surface area (Å²) >= 11 is -2.61. The summed E-state index contributed by atoms with van der Waals surface area (Å²) in [6, 6.07) is 0. The zero-order valence-electron chi connectivity index (χ0n) is 11.3. The van der Waals surface area contributed by atoms with Gasteiger partial charge in [-0.15, -0.1) is 0 Å². The minimum Gasteiger partial charge on any atom is -1.00 e. The third kappa shape index (κ3) is 1780. The molecule has 18 heteroatoms. The van der Waals surface area contributed by atoms with Crippen molar-refractivity contribution in [1.29, 1.82) is 0 Å². The van der Waals surface area contributed by atoms with E-state index in [9.17, 15) is 0 Å². The molecule has 14 nitrogen and oxygen atoms in total. The molecule has 0 saturated heterocycles. The van der Waals surface area contributed by atoms with E-state index in [2.05, 4.69) is 0 Å². The van der Waals surface area contributed by atoms with E-state index in [-0.39, 0.29) is 100 Å². The Labute approximate surface area is 152 Å². The Hall–Kier alpha value is 1.66. The Morgan fingerprint density at radius 3 is 0.722 bits per heavy atom. The van der Waals surface area contributed by atoms with E-state index in [4.69, 9.17) is 30.8 Å². The van der Waals surface area contributed by atoms with Crippen LogP contribution in [0.2, 0.25) is 0 Å². The Balaban J connectivity index is -0.00000000289. The average Bonchev–Trinajstić information content (AvgIpc) is 1.19. The second kappa shape index (κ2) is 51.2. The molecular formula is H20Na2O14S2. The van der Waals surface area contributed by atoms with Gasteiger partial charge in [-0.25, -0.2) is 0 Å². The van der Waals surface area contributed by atoms with Crippen molar-refractivity contribution < 1.29 is 131 Å². The van der Waals surface area contributed by atoms with Gasteiger partial charge in [-0.05, 0) is 0 Å². The van der Waals surface area contributed by atoms with Gasteiger partial charge in [0.2, 0.25) is 0 Å². The van der Waals surface area contributed by atoms with Gasteiger partial charge in [0.25, 0.3) is 11.4 Å². The molecule has 118 valence electrons. The molecule has 0 aliphatic carbocycles. The normalized spacial score (nSPS) is 5.17. The van der Waals surface area contributed by atoms with Gasteiger partial charge in [0.1, 0.15) is 0 Å². The van der Waals surface area contributed by atoms with E-state index in [1.54, 1.807) is 0 Å². The van der Waals surface area contributed by atoms with E-state index in [0.29, 0.717) is 0 Å². The second-order valence-electron chi connectivity index (χ2n) is 0.679. The molecule has 0 aromatic rings. The van der Waals surface area contributed by atoms with Crippen LogP contribution >= 0.6 is 0 Å². The van der Waals surface area contributed by atoms with Crippen LogP contribution in [0.3, 0.4) is 0 Å². The standard InChI is InChI=1S/2Na.H2O4S.H2O3S.7H2O.2H/c;;1-5(2,3)4;1-4(2)3;;;;;;;;;/h;;(H2,1,2,3,4);(H2,1,2,3);7*1H2;;/q2*+1;;;;;;;;;;2*-1. The van der Waals surface area contributed by atoms with E-state index in [1.165, 1.54) is 0 Å². The smallest absolute Gasteiger partial charge is 1.00 e. The van der Waals surface area contributed by atoms with Crippen molar-refractivity contribution in [2.24, 2.45) is 0 Å². The van der Waals surface area contributed by atoms with Crippen molar-refractivity contribution in [3.05, 3.63) is 0 Å². The van der Waals surface area contributed by atoms with Crippen LogP contribution in [0.1, 0.15) is 2.85 Å². The van der Waals surface area contributed by atoms with Crippen LogP contribution in [-0.2, 0) is 21.8 Å². The zero-order valence-corrected chi connectivity index (χ0v) is 15.0. The molecule has 0 fully saturated rings. The van der Waals surface area contributed by atoms with Crippen molar-refractivity contribution >= 4 is 21.8 Å². The molecule has 0 rings (SSSR count). The van der Waals surface area contributed by atoms with Crippen LogP contribution in [-0.4, -0.2) is 69.2 Å². The first kappa shape index (κ1) is 91.3. The maximum Gasteiger partial charge on any atom is 1.00 e. The van der Waals surface area contributed by atoms with Crippen LogP contribution in [0.25, 0.3) is 0 Å². The van der Waals surface area contributed by atoms with Gasteiger partial charge in [-0.1, -0.05) is 0 Å².